The van der Waals surface area contributed by atoms with Crippen LogP contribution >= 0.6 is 10.0 Å². The summed E-state index contributed by atoms with van der Waals surface area (Å²) in [7, 11) is 1.37. The number of nitrogens with one attached hydrogen (secondary N) is 2. The number of benzene rings is 1. The van der Waals surface area contributed by atoms with Crippen molar-refractivity contribution in [3.05, 3.63) is 42.0 Å². The molecule has 2 aromatic rings. The van der Waals surface area contributed by atoms with Crippen LogP contribution in [0.2, 0.25) is 0 Å². The Balaban J connectivity index is 0.000000482. The van der Waals surface area contributed by atoms with Crippen LogP contribution in [0, 0.1) is 34.0 Å². The van der Waals surface area contributed by atoms with Crippen molar-refractivity contribution < 1.29 is 9.50 Å². The summed E-state index contributed by atoms with van der Waals surface area (Å²) in [4.78, 5) is 9.45. The summed E-state index contributed by atoms with van der Waals surface area (Å²) in [5.41, 5.74) is 3.63. The van der Waals surface area contributed by atoms with Crippen LogP contribution in [0.15, 0.2) is 30.5 Å². The molecule has 218 valence electrons. The van der Waals surface area contributed by atoms with Gasteiger partial charge < -0.3 is 19.8 Å². The van der Waals surface area contributed by atoms with Crippen LogP contribution in [-0.2, 0) is 0 Å². The van der Waals surface area contributed by atoms with Crippen molar-refractivity contribution >= 4 is 33.6 Å². The molecule has 0 spiro atoms. The van der Waals surface area contributed by atoms with Gasteiger partial charge >= 0.3 is 0 Å². The van der Waals surface area contributed by atoms with Gasteiger partial charge in [0.15, 0.2) is 0 Å². The maximum atomic E-state index is 13.4. The molecule has 2 aliphatic rings. The first kappa shape index (κ1) is 31.4. The van der Waals surface area contributed by atoms with Crippen LogP contribution in [0.3, 0.4) is 0 Å². The number of halogens is 1. The molecule has 40 heavy (non-hydrogen) atoms. The summed E-state index contributed by atoms with van der Waals surface area (Å²) in [6.07, 6.45) is 10.8. The Morgan fingerprint density at radius 2 is 1.75 bits per heavy atom. The van der Waals surface area contributed by atoms with E-state index in [0.29, 0.717) is 42.3 Å². The van der Waals surface area contributed by atoms with Gasteiger partial charge in [0, 0.05) is 56.5 Å². The number of hydrogen-bond acceptors (Lipinski definition) is 7. The normalized spacial score (nSPS) is 16.8. The lowest BCUT2D eigenvalue weighted by Crippen LogP contribution is -2.51. The van der Waals surface area contributed by atoms with Gasteiger partial charge in [-0.2, -0.15) is 9.65 Å². The highest BCUT2D eigenvalue weighted by atomic mass is 32.3. The number of piperidine rings is 1. The van der Waals surface area contributed by atoms with Crippen LogP contribution in [0.5, 0.6) is 0 Å². The third-order valence-electron chi connectivity index (χ3n) is 8.12. The van der Waals surface area contributed by atoms with Gasteiger partial charge in [-0.25, -0.2) is 15.0 Å². The molecule has 2 fully saturated rings. The molecule has 3 heterocycles. The van der Waals surface area contributed by atoms with Gasteiger partial charge in [-0.05, 0) is 54.6 Å². The summed E-state index contributed by atoms with van der Waals surface area (Å²) < 4.78 is 14.0. The van der Waals surface area contributed by atoms with Crippen LogP contribution in [0.4, 0.5) is 15.8 Å². The quantitative estimate of drug-likeness (QED) is 0.261. The molecule has 1 aromatic carbocycles. The highest BCUT2D eigenvalue weighted by Gasteiger charge is 2.32. The number of rotatable bonds is 5. The first-order chi connectivity index (χ1) is 18.7. The van der Waals surface area contributed by atoms with Crippen molar-refractivity contribution in [2.45, 2.75) is 44.5 Å². The number of aliphatic hydroxyl groups is 1. The second-order valence-electron chi connectivity index (χ2n) is 12.2. The van der Waals surface area contributed by atoms with Crippen LogP contribution in [-0.4, -0.2) is 90.0 Å². The summed E-state index contributed by atoms with van der Waals surface area (Å²) in [5.74, 6) is -0.0869. The molecule has 0 radical (unpaired) electrons. The fourth-order valence-electron chi connectivity index (χ4n) is 4.44. The topological polar surface area (TPSA) is 114 Å². The monoisotopic (exact) mass is 569 g/mol. The first-order valence-electron chi connectivity index (χ1n) is 13.5. The molecule has 0 amide bonds. The first-order valence-corrected chi connectivity index (χ1v) is 16.4. The number of hydrogen-bond donors (Lipinski definition) is 3. The van der Waals surface area contributed by atoms with E-state index in [1.165, 1.54) is 17.2 Å². The standard InChI is InChI=1S/C23H26FN7O.C7H18S/c1-29(14-26)23(27)15-6-8-30(9-7-15)22-18(16-2-5-21(24)28-11-16)3-4-20(19(22)10-25)31-12-17(32)13-31;1-7(2,3)8(4,5)6/h2-5,11,14-15,17,26-27,32H,6-9,12-13H2,1H3;1-6H3. The zero-order valence-corrected chi connectivity index (χ0v) is 25.6. The molecule has 0 atom stereocenters. The fraction of sp³-hybridized carbons (Fsp3) is 0.533. The Labute approximate surface area is 240 Å². The second kappa shape index (κ2) is 12.6. The predicted octanol–water partition coefficient (Wildman–Crippen LogP) is 5.15. The summed E-state index contributed by atoms with van der Waals surface area (Å²) in [6, 6.07) is 9.16. The Kier molecular flexibility index (Phi) is 9.85. The largest absolute Gasteiger partial charge is 0.389 e. The van der Waals surface area contributed by atoms with Crippen molar-refractivity contribution in [3.8, 4) is 17.2 Å². The van der Waals surface area contributed by atoms with E-state index < -0.39 is 12.1 Å². The zero-order chi connectivity index (χ0) is 29.8. The Bertz CT molecular complexity index is 1220. The zero-order valence-electron chi connectivity index (χ0n) is 24.8. The lowest BCUT2D eigenvalue weighted by molar-refractivity contribution is 0.142. The van der Waals surface area contributed by atoms with Gasteiger partial charge in [-0.1, -0.05) is 26.8 Å². The fourth-order valence-corrected chi connectivity index (χ4v) is 4.44. The van der Waals surface area contributed by atoms with Crippen molar-refractivity contribution in [1.82, 2.24) is 9.88 Å². The average Bonchev–Trinajstić information content (AvgIpc) is 2.89. The van der Waals surface area contributed by atoms with E-state index in [4.69, 9.17) is 10.8 Å². The predicted molar refractivity (Wildman–Crippen MR) is 167 cm³/mol. The van der Waals surface area contributed by atoms with E-state index in [-0.39, 0.29) is 15.9 Å². The smallest absolute Gasteiger partial charge is 0.212 e. The lowest BCUT2D eigenvalue weighted by atomic mass is 9.91. The molecule has 0 saturated carbocycles. The van der Waals surface area contributed by atoms with Crippen LogP contribution < -0.4 is 9.80 Å². The molecule has 2 saturated heterocycles. The van der Waals surface area contributed by atoms with Gasteiger partial charge in [-0.3, -0.25) is 10.8 Å². The van der Waals surface area contributed by atoms with Gasteiger partial charge in [0.05, 0.1) is 29.4 Å². The molecule has 3 N–H and O–H groups in total. The minimum atomic E-state index is -0.559. The lowest BCUT2D eigenvalue weighted by Gasteiger charge is -2.41. The molecule has 1 aromatic heterocycles. The molecule has 8 nitrogen and oxygen atoms in total. The average molecular weight is 570 g/mol. The molecule has 4 rings (SSSR count). The van der Waals surface area contributed by atoms with Crippen LogP contribution in [0.25, 0.3) is 11.1 Å². The number of pyridine rings is 1. The second-order valence-corrected chi connectivity index (χ2v) is 17.1. The molecule has 10 heteroatoms. The number of nitrogens with zero attached hydrogens (tertiary/aromatic N) is 5. The van der Waals surface area contributed by atoms with E-state index in [1.807, 2.05) is 17.0 Å². The number of aliphatic hydroxyl groups excluding tert-OH is 1. The van der Waals surface area contributed by atoms with Gasteiger partial charge in [0.2, 0.25) is 5.95 Å². The van der Waals surface area contributed by atoms with E-state index in [2.05, 4.69) is 55.5 Å². The Hall–Kier alpha value is -3.16. The number of β-amino-alcohol motifs (C(OH)–C–C–N with tert-alkyl or cyclic N) is 1. The van der Waals surface area contributed by atoms with Crippen LogP contribution in [0.1, 0.15) is 39.2 Å². The van der Waals surface area contributed by atoms with Gasteiger partial charge in [-0.15, -0.1) is 0 Å². The SMILES string of the molecule is CC(C)(C)S(C)(C)C.CN(C=N)C(=N)C1CCN(c2c(-c3ccc(F)nc3)ccc(N3CC(O)C3)c2C#N)CC1. The van der Waals surface area contributed by atoms with Crippen molar-refractivity contribution in [2.24, 2.45) is 5.92 Å². The molecule has 2 aliphatic heterocycles. The third kappa shape index (κ3) is 7.12. The number of amidine groups is 1. The van der Waals surface area contributed by atoms with E-state index >= 15 is 0 Å². The van der Waals surface area contributed by atoms with E-state index in [9.17, 15) is 14.8 Å². The van der Waals surface area contributed by atoms with E-state index in [1.54, 1.807) is 13.1 Å². The third-order valence-corrected chi connectivity index (χ3v) is 11.8. The molecule has 0 aliphatic carbocycles. The molecular weight excluding hydrogens is 525 g/mol. The Morgan fingerprint density at radius 3 is 2.20 bits per heavy atom. The van der Waals surface area contributed by atoms with Crippen molar-refractivity contribution in [1.29, 1.82) is 16.1 Å². The summed E-state index contributed by atoms with van der Waals surface area (Å²) in [5, 5.41) is 35.6. The van der Waals surface area contributed by atoms with Crippen molar-refractivity contribution in [2.75, 3.05) is 61.8 Å². The highest BCUT2D eigenvalue weighted by Crippen LogP contribution is 2.48. The Morgan fingerprint density at radius 1 is 1.15 bits per heavy atom. The maximum absolute atomic E-state index is 13.4. The highest BCUT2D eigenvalue weighted by molar-refractivity contribution is 8.33. The number of aromatic nitrogens is 1. The van der Waals surface area contributed by atoms with Gasteiger partial charge in [0.25, 0.3) is 0 Å². The minimum absolute atomic E-state index is 0.0491. The van der Waals surface area contributed by atoms with E-state index in [0.717, 1.165) is 41.7 Å². The summed E-state index contributed by atoms with van der Waals surface area (Å²) >= 11 is 0. The summed E-state index contributed by atoms with van der Waals surface area (Å²) in [6.45, 7) is 9.21. The molecular formula is C30H44FN7OS. The molecule has 0 bridgehead atoms. The number of anilines is 2. The molecule has 0 unspecified atom stereocenters. The van der Waals surface area contributed by atoms with Gasteiger partial charge in [0.1, 0.15) is 11.9 Å². The number of nitriles is 1. The maximum Gasteiger partial charge on any atom is 0.212 e. The minimum Gasteiger partial charge on any atom is -0.389 e. The van der Waals surface area contributed by atoms with Crippen molar-refractivity contribution in [3.63, 3.8) is 0 Å².